The van der Waals surface area contributed by atoms with E-state index in [0.717, 1.165) is 31.7 Å². The molecule has 20 heavy (non-hydrogen) atoms. The zero-order chi connectivity index (χ0) is 13.9. The lowest BCUT2D eigenvalue weighted by Gasteiger charge is -2.21. The van der Waals surface area contributed by atoms with Crippen LogP contribution in [0.3, 0.4) is 0 Å². The molecule has 2 heterocycles. The summed E-state index contributed by atoms with van der Waals surface area (Å²) in [6, 6.07) is 2.43. The van der Waals surface area contributed by atoms with Gasteiger partial charge in [-0.15, -0.1) is 0 Å². The summed E-state index contributed by atoms with van der Waals surface area (Å²) < 4.78 is 7.79. The summed E-state index contributed by atoms with van der Waals surface area (Å²) in [5.41, 5.74) is 1.16. The average Bonchev–Trinajstić information content (AvgIpc) is 3.15. The molecule has 1 aromatic heterocycles. The Morgan fingerprint density at radius 3 is 3.10 bits per heavy atom. The molecule has 0 bridgehead atoms. The minimum Gasteiger partial charge on any atom is -0.396 e. The van der Waals surface area contributed by atoms with Crippen molar-refractivity contribution >= 4 is 0 Å². The predicted octanol–water partition coefficient (Wildman–Crippen LogP) is 1.02. The van der Waals surface area contributed by atoms with E-state index in [-0.39, 0.29) is 12.7 Å². The molecule has 110 valence electrons. The summed E-state index contributed by atoms with van der Waals surface area (Å²) in [6.07, 6.45) is 8.35. The van der Waals surface area contributed by atoms with E-state index in [1.165, 1.54) is 0 Å². The molecule has 2 aliphatic rings. The molecule has 5 nitrogen and oxygen atoms in total. The Labute approximate surface area is 119 Å². The summed E-state index contributed by atoms with van der Waals surface area (Å²) in [7, 11) is 1.97. The van der Waals surface area contributed by atoms with Gasteiger partial charge in [-0.3, -0.25) is 4.68 Å². The van der Waals surface area contributed by atoms with Gasteiger partial charge in [0.05, 0.1) is 5.69 Å². The molecule has 0 amide bonds. The fourth-order valence-electron chi connectivity index (χ4n) is 3.20. The monoisotopic (exact) mass is 277 g/mol. The second kappa shape index (κ2) is 6.08. The number of aromatic nitrogens is 2. The van der Waals surface area contributed by atoms with E-state index in [1.807, 2.05) is 24.0 Å². The van der Waals surface area contributed by atoms with Crippen molar-refractivity contribution < 1.29 is 9.84 Å². The van der Waals surface area contributed by atoms with Gasteiger partial charge in [0.25, 0.3) is 0 Å². The highest BCUT2D eigenvalue weighted by molar-refractivity contribution is 5.09. The number of nitrogens with zero attached hydrogens (tertiary/aromatic N) is 2. The number of rotatable bonds is 5. The Balaban J connectivity index is 1.55. The Kier molecular flexibility index (Phi) is 4.19. The molecule has 4 atom stereocenters. The quantitative estimate of drug-likeness (QED) is 0.789. The number of aliphatic hydroxyl groups excluding tert-OH is 1. The molecule has 5 heteroatoms. The fraction of sp³-hybridized carbons (Fsp3) is 0.667. The highest BCUT2D eigenvalue weighted by Gasteiger charge is 2.32. The summed E-state index contributed by atoms with van der Waals surface area (Å²) in [5.74, 6) is 0.812. The lowest BCUT2D eigenvalue weighted by atomic mass is 9.98. The van der Waals surface area contributed by atoms with Gasteiger partial charge in [0.2, 0.25) is 0 Å². The molecule has 0 aromatic carbocycles. The van der Waals surface area contributed by atoms with Crippen LogP contribution in [0.15, 0.2) is 24.4 Å². The van der Waals surface area contributed by atoms with Crippen molar-refractivity contribution in [2.75, 3.05) is 19.8 Å². The maximum Gasteiger partial charge on any atom is 0.103 e. The first kappa shape index (κ1) is 13.8. The molecule has 1 fully saturated rings. The first-order valence-corrected chi connectivity index (χ1v) is 7.40. The molecule has 0 saturated carbocycles. The van der Waals surface area contributed by atoms with Crippen molar-refractivity contribution in [1.82, 2.24) is 15.1 Å². The van der Waals surface area contributed by atoms with Crippen molar-refractivity contribution in [3.8, 4) is 0 Å². The molecule has 1 aliphatic carbocycles. The lowest BCUT2D eigenvalue weighted by molar-refractivity contribution is 0.0833. The van der Waals surface area contributed by atoms with Crippen LogP contribution in [-0.4, -0.2) is 40.7 Å². The van der Waals surface area contributed by atoms with Gasteiger partial charge in [-0.2, -0.15) is 5.10 Å². The number of aliphatic hydroxyl groups is 1. The summed E-state index contributed by atoms with van der Waals surface area (Å²) >= 11 is 0. The molecule has 1 aromatic rings. The first-order chi connectivity index (χ1) is 9.78. The number of hydrogen-bond donors (Lipinski definition) is 2. The van der Waals surface area contributed by atoms with Crippen molar-refractivity contribution in [1.29, 1.82) is 0 Å². The van der Waals surface area contributed by atoms with Crippen LogP contribution in [-0.2, 0) is 11.8 Å². The molecular weight excluding hydrogens is 254 g/mol. The number of aryl methyl sites for hydroxylation is 1. The van der Waals surface area contributed by atoms with Crippen molar-refractivity contribution in [2.24, 2.45) is 18.9 Å². The lowest BCUT2D eigenvalue weighted by Crippen LogP contribution is -2.33. The van der Waals surface area contributed by atoms with Crippen molar-refractivity contribution in [2.45, 2.75) is 25.0 Å². The zero-order valence-electron chi connectivity index (χ0n) is 11.9. The Hall–Kier alpha value is -1.17. The van der Waals surface area contributed by atoms with E-state index in [1.54, 1.807) is 0 Å². The first-order valence-electron chi connectivity index (χ1n) is 7.40. The van der Waals surface area contributed by atoms with Crippen molar-refractivity contribution in [3.05, 3.63) is 30.1 Å². The van der Waals surface area contributed by atoms with Gasteiger partial charge in [-0.25, -0.2) is 0 Å². The molecule has 2 N–H and O–H groups in total. The van der Waals surface area contributed by atoms with E-state index < -0.39 is 0 Å². The highest BCUT2D eigenvalue weighted by atomic mass is 16.5. The van der Waals surface area contributed by atoms with Crippen LogP contribution < -0.4 is 5.32 Å². The highest BCUT2D eigenvalue weighted by Crippen LogP contribution is 2.34. The Morgan fingerprint density at radius 2 is 2.40 bits per heavy atom. The van der Waals surface area contributed by atoms with Gasteiger partial charge in [-0.1, -0.05) is 12.2 Å². The number of nitrogens with one attached hydrogen (secondary N) is 1. The third kappa shape index (κ3) is 2.80. The van der Waals surface area contributed by atoms with Crippen LogP contribution in [0.4, 0.5) is 0 Å². The molecule has 1 aliphatic heterocycles. The largest absolute Gasteiger partial charge is 0.396 e. The van der Waals surface area contributed by atoms with Gasteiger partial charge in [0.15, 0.2) is 0 Å². The SMILES string of the molecule is Cn1nccc1[C@@H]1OCC[C@H]1CN[C@@H]1C=C[C@H](CO)C1. The van der Waals surface area contributed by atoms with Crippen LogP contribution in [0.2, 0.25) is 0 Å². The average molecular weight is 277 g/mol. The number of hydrogen-bond acceptors (Lipinski definition) is 4. The van der Waals surface area contributed by atoms with Crippen LogP contribution in [0, 0.1) is 11.8 Å². The van der Waals surface area contributed by atoms with Gasteiger partial charge in [0, 0.05) is 50.9 Å². The van der Waals surface area contributed by atoms with Crippen LogP contribution in [0.25, 0.3) is 0 Å². The Bertz CT molecular complexity index is 471. The van der Waals surface area contributed by atoms with Gasteiger partial charge in [-0.05, 0) is 18.9 Å². The predicted molar refractivity (Wildman–Crippen MR) is 76.1 cm³/mol. The molecule has 0 spiro atoms. The van der Waals surface area contributed by atoms with E-state index in [0.29, 0.717) is 17.9 Å². The van der Waals surface area contributed by atoms with Crippen LogP contribution in [0.1, 0.15) is 24.6 Å². The van der Waals surface area contributed by atoms with E-state index in [4.69, 9.17) is 9.84 Å². The second-order valence-corrected chi connectivity index (χ2v) is 5.80. The maximum atomic E-state index is 9.15. The van der Waals surface area contributed by atoms with Crippen molar-refractivity contribution in [3.63, 3.8) is 0 Å². The summed E-state index contributed by atoms with van der Waals surface area (Å²) in [6.45, 7) is 2.02. The molecule has 0 radical (unpaired) electrons. The smallest absolute Gasteiger partial charge is 0.103 e. The third-order valence-corrected chi connectivity index (χ3v) is 4.41. The zero-order valence-corrected chi connectivity index (χ0v) is 11.9. The minimum atomic E-state index is 0.147. The summed E-state index contributed by atoms with van der Waals surface area (Å²) in [5, 5.41) is 17.0. The minimum absolute atomic E-state index is 0.147. The van der Waals surface area contributed by atoms with Gasteiger partial charge >= 0.3 is 0 Å². The van der Waals surface area contributed by atoms with Gasteiger partial charge < -0.3 is 15.2 Å². The molecule has 3 rings (SSSR count). The molecular formula is C15H23N3O2. The Morgan fingerprint density at radius 1 is 1.50 bits per heavy atom. The van der Waals surface area contributed by atoms with E-state index in [9.17, 15) is 0 Å². The van der Waals surface area contributed by atoms with Gasteiger partial charge in [0.1, 0.15) is 6.10 Å². The van der Waals surface area contributed by atoms with Crippen LogP contribution in [0.5, 0.6) is 0 Å². The normalized spacial score (nSPS) is 33.1. The number of ether oxygens (including phenoxy) is 1. The second-order valence-electron chi connectivity index (χ2n) is 5.80. The molecule has 0 unspecified atom stereocenters. The summed E-state index contributed by atoms with van der Waals surface area (Å²) in [4.78, 5) is 0. The third-order valence-electron chi connectivity index (χ3n) is 4.41. The standard InChI is InChI=1S/C15H23N3O2/c1-18-14(4-6-17-18)15-12(5-7-20-15)9-16-13-3-2-11(8-13)10-19/h2-4,6,11-13,15-16,19H,5,7-10H2,1H3/t11-,12-,13+,15+/m0/s1. The molecule has 1 saturated heterocycles. The fourth-order valence-corrected chi connectivity index (χ4v) is 3.20. The van der Waals surface area contributed by atoms with Crippen LogP contribution >= 0.6 is 0 Å². The maximum absolute atomic E-state index is 9.15. The topological polar surface area (TPSA) is 59.3 Å². The van der Waals surface area contributed by atoms with E-state index in [2.05, 4.69) is 22.6 Å². The van der Waals surface area contributed by atoms with E-state index >= 15 is 0 Å².